The summed E-state index contributed by atoms with van der Waals surface area (Å²) in [6.45, 7) is 14.4. The van der Waals surface area contributed by atoms with Crippen molar-refractivity contribution in [2.24, 2.45) is 4.99 Å². The van der Waals surface area contributed by atoms with Gasteiger partial charge < -0.3 is 20.1 Å². The molecule has 2 rings (SSSR count). The molecule has 0 aromatic heterocycles. The number of aliphatic imine (C=N–C) groups is 1. The molecule has 1 atom stereocenters. The van der Waals surface area contributed by atoms with E-state index in [2.05, 4.69) is 60.6 Å². The van der Waals surface area contributed by atoms with Crippen molar-refractivity contribution in [3.63, 3.8) is 0 Å². The predicted octanol–water partition coefficient (Wildman–Crippen LogP) is 2.78. The van der Waals surface area contributed by atoms with Crippen molar-refractivity contribution in [3.05, 3.63) is 35.4 Å². The molecule has 0 amide bonds. The van der Waals surface area contributed by atoms with Gasteiger partial charge in [-0.15, -0.1) is 0 Å². The summed E-state index contributed by atoms with van der Waals surface area (Å²) in [5.41, 5.74) is 2.59. The summed E-state index contributed by atoms with van der Waals surface area (Å²) in [7, 11) is 0. The van der Waals surface area contributed by atoms with E-state index < -0.39 is 0 Å². The molecule has 1 fully saturated rings. The maximum Gasteiger partial charge on any atom is 0.191 e. The van der Waals surface area contributed by atoms with Crippen LogP contribution in [0.15, 0.2) is 29.3 Å². The summed E-state index contributed by atoms with van der Waals surface area (Å²) in [6, 6.07) is 8.75. The molecule has 2 N–H and O–H groups in total. The number of ether oxygens (including phenoxy) is 2. The van der Waals surface area contributed by atoms with Crippen molar-refractivity contribution >= 4 is 5.96 Å². The lowest BCUT2D eigenvalue weighted by Gasteiger charge is -2.18. The molecule has 0 bridgehead atoms. The fourth-order valence-electron chi connectivity index (χ4n) is 3.22. The first-order valence-electron chi connectivity index (χ1n) is 10.8. The Labute approximate surface area is 170 Å². The maximum atomic E-state index is 5.81. The Morgan fingerprint density at radius 3 is 2.75 bits per heavy atom. The van der Waals surface area contributed by atoms with Crippen LogP contribution in [0.4, 0.5) is 0 Å². The molecular weight excluding hydrogens is 352 g/mol. The quantitative estimate of drug-likeness (QED) is 0.326. The van der Waals surface area contributed by atoms with Crippen molar-refractivity contribution in [3.8, 4) is 0 Å². The summed E-state index contributed by atoms with van der Waals surface area (Å²) >= 11 is 0. The van der Waals surface area contributed by atoms with Gasteiger partial charge in [-0.1, -0.05) is 38.1 Å². The summed E-state index contributed by atoms with van der Waals surface area (Å²) in [4.78, 5) is 7.16. The van der Waals surface area contributed by atoms with Crippen LogP contribution < -0.4 is 10.6 Å². The van der Waals surface area contributed by atoms with Crippen molar-refractivity contribution in [1.29, 1.82) is 0 Å². The van der Waals surface area contributed by atoms with E-state index in [0.29, 0.717) is 6.54 Å². The molecule has 1 aromatic rings. The highest BCUT2D eigenvalue weighted by Gasteiger charge is 2.15. The van der Waals surface area contributed by atoms with Crippen LogP contribution in [0.2, 0.25) is 0 Å². The van der Waals surface area contributed by atoms with Gasteiger partial charge in [0, 0.05) is 32.8 Å². The first-order valence-corrected chi connectivity index (χ1v) is 10.8. The van der Waals surface area contributed by atoms with Crippen molar-refractivity contribution in [2.45, 2.75) is 52.8 Å². The summed E-state index contributed by atoms with van der Waals surface area (Å²) < 4.78 is 11.1. The van der Waals surface area contributed by atoms with Gasteiger partial charge in [0.2, 0.25) is 0 Å². The van der Waals surface area contributed by atoms with Crippen LogP contribution in [-0.4, -0.2) is 63.0 Å². The Balaban J connectivity index is 1.77. The third-order valence-corrected chi connectivity index (χ3v) is 4.91. The van der Waals surface area contributed by atoms with Gasteiger partial charge in [-0.05, 0) is 44.0 Å². The van der Waals surface area contributed by atoms with E-state index in [1.54, 1.807) is 0 Å². The summed E-state index contributed by atoms with van der Waals surface area (Å²) in [5, 5.41) is 6.72. The minimum atomic E-state index is 0.283. The molecule has 1 aliphatic heterocycles. The second-order valence-corrected chi connectivity index (χ2v) is 7.11. The minimum absolute atomic E-state index is 0.283. The Morgan fingerprint density at radius 2 is 2.04 bits per heavy atom. The van der Waals surface area contributed by atoms with Crippen LogP contribution in [0, 0.1) is 0 Å². The number of hydrogen-bond acceptors (Lipinski definition) is 4. The van der Waals surface area contributed by atoms with Gasteiger partial charge in [-0.25, -0.2) is 4.99 Å². The van der Waals surface area contributed by atoms with Crippen LogP contribution in [-0.2, 0) is 22.6 Å². The molecule has 28 heavy (non-hydrogen) atoms. The van der Waals surface area contributed by atoms with E-state index in [0.717, 1.165) is 71.3 Å². The van der Waals surface area contributed by atoms with E-state index in [1.165, 1.54) is 11.1 Å². The van der Waals surface area contributed by atoms with Crippen molar-refractivity contribution in [1.82, 2.24) is 15.5 Å². The molecule has 6 heteroatoms. The first kappa shape index (κ1) is 22.7. The standard InChI is InChI=1S/C22H38N4O2/c1-4-23-22(24-12-8-13-28-21-11-14-27-18-21)25-16-19-9-7-10-20(15-19)17-26(5-2)6-3/h7,9-10,15,21H,4-6,8,11-14,16-18H2,1-3H3,(H2,23,24,25). The van der Waals surface area contributed by atoms with Gasteiger partial charge in [0.15, 0.2) is 5.96 Å². The van der Waals surface area contributed by atoms with Crippen LogP contribution in [0.5, 0.6) is 0 Å². The van der Waals surface area contributed by atoms with Gasteiger partial charge in [-0.2, -0.15) is 0 Å². The fraction of sp³-hybridized carbons (Fsp3) is 0.682. The lowest BCUT2D eigenvalue weighted by atomic mass is 10.1. The second kappa shape index (κ2) is 13.5. The Hall–Kier alpha value is -1.63. The van der Waals surface area contributed by atoms with Gasteiger partial charge in [0.05, 0.1) is 19.3 Å². The molecule has 1 aromatic carbocycles. The first-order chi connectivity index (χ1) is 13.7. The average Bonchev–Trinajstić information content (AvgIpc) is 3.23. The Morgan fingerprint density at radius 1 is 1.21 bits per heavy atom. The zero-order chi connectivity index (χ0) is 20.0. The van der Waals surface area contributed by atoms with Gasteiger partial charge >= 0.3 is 0 Å². The Bertz CT molecular complexity index is 569. The number of nitrogens with one attached hydrogen (secondary N) is 2. The van der Waals surface area contributed by atoms with Crippen LogP contribution in [0.3, 0.4) is 0 Å². The lowest BCUT2D eigenvalue weighted by Crippen LogP contribution is -2.38. The summed E-state index contributed by atoms with van der Waals surface area (Å²) in [6.07, 6.45) is 2.26. The highest BCUT2D eigenvalue weighted by Crippen LogP contribution is 2.10. The van der Waals surface area contributed by atoms with E-state index >= 15 is 0 Å². The predicted molar refractivity (Wildman–Crippen MR) is 116 cm³/mol. The lowest BCUT2D eigenvalue weighted by molar-refractivity contribution is 0.0420. The molecule has 0 aliphatic carbocycles. The molecule has 0 spiro atoms. The molecule has 1 unspecified atom stereocenters. The van der Waals surface area contributed by atoms with Crippen molar-refractivity contribution < 1.29 is 9.47 Å². The van der Waals surface area contributed by atoms with Crippen LogP contribution in [0.25, 0.3) is 0 Å². The molecule has 158 valence electrons. The molecule has 1 heterocycles. The fourth-order valence-corrected chi connectivity index (χ4v) is 3.22. The number of guanidine groups is 1. The van der Waals surface area contributed by atoms with Gasteiger partial charge in [0.1, 0.15) is 0 Å². The van der Waals surface area contributed by atoms with Crippen LogP contribution in [0.1, 0.15) is 44.7 Å². The molecule has 1 aliphatic rings. The van der Waals surface area contributed by atoms with Crippen LogP contribution >= 0.6 is 0 Å². The average molecular weight is 391 g/mol. The molecule has 0 radical (unpaired) electrons. The largest absolute Gasteiger partial charge is 0.379 e. The zero-order valence-electron chi connectivity index (χ0n) is 17.9. The topological polar surface area (TPSA) is 58.1 Å². The van der Waals surface area contributed by atoms with E-state index in [9.17, 15) is 0 Å². The number of hydrogen-bond donors (Lipinski definition) is 2. The maximum absolute atomic E-state index is 5.81. The van der Waals surface area contributed by atoms with E-state index in [-0.39, 0.29) is 6.10 Å². The Kier molecular flexibility index (Phi) is 10.9. The summed E-state index contributed by atoms with van der Waals surface area (Å²) in [5.74, 6) is 0.862. The minimum Gasteiger partial charge on any atom is -0.379 e. The normalized spacial score (nSPS) is 17.3. The molecule has 1 saturated heterocycles. The highest BCUT2D eigenvalue weighted by atomic mass is 16.5. The van der Waals surface area contributed by atoms with Gasteiger partial charge in [0.25, 0.3) is 0 Å². The molecular formula is C22H38N4O2. The molecule has 6 nitrogen and oxygen atoms in total. The second-order valence-electron chi connectivity index (χ2n) is 7.11. The number of rotatable bonds is 12. The van der Waals surface area contributed by atoms with Gasteiger partial charge in [-0.3, -0.25) is 4.90 Å². The SMILES string of the molecule is CCNC(=NCc1cccc(CN(CC)CC)c1)NCCCOC1CCOC1. The molecule has 0 saturated carbocycles. The third-order valence-electron chi connectivity index (χ3n) is 4.91. The highest BCUT2D eigenvalue weighted by molar-refractivity contribution is 5.79. The van der Waals surface area contributed by atoms with Crippen molar-refractivity contribution in [2.75, 3.05) is 46.0 Å². The monoisotopic (exact) mass is 390 g/mol. The smallest absolute Gasteiger partial charge is 0.191 e. The number of benzene rings is 1. The third kappa shape index (κ3) is 8.59. The number of nitrogens with zero attached hydrogens (tertiary/aromatic N) is 2. The zero-order valence-corrected chi connectivity index (χ0v) is 17.9. The van der Waals surface area contributed by atoms with E-state index in [1.807, 2.05) is 0 Å². The van der Waals surface area contributed by atoms with E-state index in [4.69, 9.17) is 14.5 Å².